The zero-order chi connectivity index (χ0) is 18.4. The summed E-state index contributed by atoms with van der Waals surface area (Å²) in [6.07, 6.45) is 1.48. The molecule has 2 aromatic rings. The Hall–Kier alpha value is -3.26. The number of aryl methyl sites for hydroxylation is 2. The normalized spacial score (nSPS) is 10.8. The molecule has 1 N–H and O–H groups in total. The summed E-state index contributed by atoms with van der Waals surface area (Å²) < 4.78 is 10.5. The zero-order valence-electron chi connectivity index (χ0n) is 14.7. The average molecular weight is 336 g/mol. The molecular weight excluding hydrogens is 316 g/mol. The molecule has 0 aromatic heterocycles. The molecule has 0 heterocycles. The third-order valence-corrected chi connectivity index (χ3v) is 3.87. The predicted octanol–water partition coefficient (Wildman–Crippen LogP) is 3.87. The molecule has 128 valence electrons. The van der Waals surface area contributed by atoms with Crippen LogP contribution in [0.15, 0.2) is 42.0 Å². The number of hydrogen-bond acceptors (Lipinski definition) is 4. The van der Waals surface area contributed by atoms with Gasteiger partial charge in [-0.1, -0.05) is 6.07 Å². The van der Waals surface area contributed by atoms with Crippen molar-refractivity contribution >= 4 is 17.7 Å². The molecule has 0 bridgehead atoms. The minimum atomic E-state index is -0.476. The molecule has 5 nitrogen and oxygen atoms in total. The van der Waals surface area contributed by atoms with E-state index < -0.39 is 5.91 Å². The van der Waals surface area contributed by atoms with Gasteiger partial charge in [0, 0.05) is 11.3 Å². The lowest BCUT2D eigenvalue weighted by atomic mass is 10.1. The van der Waals surface area contributed by atoms with Crippen LogP contribution in [0.3, 0.4) is 0 Å². The Labute approximate surface area is 147 Å². The van der Waals surface area contributed by atoms with Gasteiger partial charge >= 0.3 is 0 Å². The number of carbonyl (C=O) groups is 1. The van der Waals surface area contributed by atoms with Gasteiger partial charge < -0.3 is 14.8 Å². The highest BCUT2D eigenvalue weighted by Crippen LogP contribution is 2.26. The molecule has 5 heteroatoms. The smallest absolute Gasteiger partial charge is 0.266 e. The number of benzene rings is 2. The quantitative estimate of drug-likeness (QED) is 0.665. The van der Waals surface area contributed by atoms with Crippen molar-refractivity contribution in [1.82, 2.24) is 0 Å². The fraction of sp³-hybridized carbons (Fsp3) is 0.200. The highest BCUT2D eigenvalue weighted by Gasteiger charge is 2.12. The molecule has 0 spiro atoms. The molecule has 0 atom stereocenters. The van der Waals surface area contributed by atoms with E-state index in [1.54, 1.807) is 31.4 Å². The van der Waals surface area contributed by atoms with Crippen LogP contribution in [0.5, 0.6) is 11.5 Å². The first-order valence-electron chi connectivity index (χ1n) is 7.71. The Kier molecular flexibility index (Phi) is 5.80. The molecule has 0 radical (unpaired) electrons. The number of nitrogens with zero attached hydrogens (tertiary/aromatic N) is 1. The molecule has 0 saturated carbocycles. The Morgan fingerprint density at radius 2 is 1.84 bits per heavy atom. The van der Waals surface area contributed by atoms with E-state index in [2.05, 4.69) is 5.32 Å². The van der Waals surface area contributed by atoms with Gasteiger partial charge in [-0.3, -0.25) is 4.79 Å². The van der Waals surface area contributed by atoms with Gasteiger partial charge in [0.2, 0.25) is 0 Å². The fourth-order valence-electron chi connectivity index (χ4n) is 2.27. The summed E-state index contributed by atoms with van der Waals surface area (Å²) in [5, 5.41) is 12.1. The average Bonchev–Trinajstić information content (AvgIpc) is 2.62. The molecule has 0 unspecified atom stereocenters. The summed E-state index contributed by atoms with van der Waals surface area (Å²) in [6, 6.07) is 12.7. The molecule has 0 fully saturated rings. The molecular formula is C20H20N2O3. The van der Waals surface area contributed by atoms with Gasteiger partial charge in [0.15, 0.2) is 0 Å². The minimum Gasteiger partial charge on any atom is -0.497 e. The summed E-state index contributed by atoms with van der Waals surface area (Å²) in [5.41, 5.74) is 3.41. The van der Waals surface area contributed by atoms with Crippen LogP contribution in [-0.2, 0) is 4.79 Å². The number of anilines is 1. The van der Waals surface area contributed by atoms with E-state index in [9.17, 15) is 10.1 Å². The molecule has 1 amide bonds. The first-order valence-corrected chi connectivity index (χ1v) is 7.71. The topological polar surface area (TPSA) is 71.3 Å². The Balaban J connectivity index is 2.32. The second kappa shape index (κ2) is 8.02. The van der Waals surface area contributed by atoms with E-state index in [1.807, 2.05) is 32.0 Å². The summed E-state index contributed by atoms with van der Waals surface area (Å²) >= 11 is 0. The maximum absolute atomic E-state index is 12.4. The fourth-order valence-corrected chi connectivity index (χ4v) is 2.27. The van der Waals surface area contributed by atoms with Crippen LogP contribution in [-0.4, -0.2) is 20.1 Å². The van der Waals surface area contributed by atoms with Crippen molar-refractivity contribution < 1.29 is 14.3 Å². The maximum Gasteiger partial charge on any atom is 0.266 e. The van der Waals surface area contributed by atoms with Crippen molar-refractivity contribution in [2.45, 2.75) is 13.8 Å². The van der Waals surface area contributed by atoms with Gasteiger partial charge in [-0.05, 0) is 61.4 Å². The Morgan fingerprint density at radius 3 is 2.44 bits per heavy atom. The van der Waals surface area contributed by atoms with Crippen LogP contribution in [0.4, 0.5) is 5.69 Å². The van der Waals surface area contributed by atoms with Crippen LogP contribution >= 0.6 is 0 Å². The molecule has 0 aliphatic heterocycles. The van der Waals surface area contributed by atoms with Gasteiger partial charge in [-0.25, -0.2) is 0 Å². The van der Waals surface area contributed by atoms with Crippen molar-refractivity contribution in [2.24, 2.45) is 0 Å². The molecule has 2 rings (SSSR count). The van der Waals surface area contributed by atoms with Gasteiger partial charge in [-0.2, -0.15) is 5.26 Å². The summed E-state index contributed by atoms with van der Waals surface area (Å²) in [7, 11) is 3.08. The number of methoxy groups -OCH3 is 2. The van der Waals surface area contributed by atoms with Crippen molar-refractivity contribution in [3.63, 3.8) is 0 Å². The van der Waals surface area contributed by atoms with Crippen LogP contribution < -0.4 is 14.8 Å². The van der Waals surface area contributed by atoms with Gasteiger partial charge in [0.05, 0.1) is 14.2 Å². The molecule has 0 aliphatic carbocycles. The van der Waals surface area contributed by atoms with Crippen LogP contribution in [0, 0.1) is 25.2 Å². The highest BCUT2D eigenvalue weighted by atomic mass is 16.5. The van der Waals surface area contributed by atoms with Crippen LogP contribution in [0.25, 0.3) is 6.08 Å². The van der Waals surface area contributed by atoms with Gasteiger partial charge in [-0.15, -0.1) is 0 Å². The lowest BCUT2D eigenvalue weighted by Gasteiger charge is -2.09. The maximum atomic E-state index is 12.4. The van der Waals surface area contributed by atoms with Crippen molar-refractivity contribution in [3.8, 4) is 17.6 Å². The number of hydrogen-bond donors (Lipinski definition) is 1. The van der Waals surface area contributed by atoms with E-state index in [4.69, 9.17) is 9.47 Å². The highest BCUT2D eigenvalue weighted by molar-refractivity contribution is 6.09. The van der Waals surface area contributed by atoms with E-state index in [0.29, 0.717) is 22.7 Å². The predicted molar refractivity (Wildman–Crippen MR) is 97.7 cm³/mol. The SMILES string of the molecule is COc1ccc(OC)c(/C=C(\C#N)C(=O)Nc2ccc(C)c(C)c2)c1. The molecule has 0 aliphatic rings. The number of nitrogens with one attached hydrogen (secondary N) is 1. The number of carbonyl (C=O) groups excluding carboxylic acids is 1. The van der Waals surface area contributed by atoms with Crippen LogP contribution in [0.1, 0.15) is 16.7 Å². The van der Waals surface area contributed by atoms with E-state index >= 15 is 0 Å². The number of amides is 1. The molecule has 25 heavy (non-hydrogen) atoms. The third kappa shape index (κ3) is 4.39. The zero-order valence-corrected chi connectivity index (χ0v) is 14.7. The summed E-state index contributed by atoms with van der Waals surface area (Å²) in [4.78, 5) is 12.4. The number of nitriles is 1. The molecule has 0 saturated heterocycles. The first-order chi connectivity index (χ1) is 12.0. The minimum absolute atomic E-state index is 0.0234. The Morgan fingerprint density at radius 1 is 1.08 bits per heavy atom. The van der Waals surface area contributed by atoms with Crippen molar-refractivity contribution in [3.05, 3.63) is 58.7 Å². The molecule has 2 aromatic carbocycles. The number of ether oxygens (including phenoxy) is 2. The largest absolute Gasteiger partial charge is 0.497 e. The van der Waals surface area contributed by atoms with Gasteiger partial charge in [0.25, 0.3) is 5.91 Å². The first kappa shape index (κ1) is 18.1. The standard InChI is InChI=1S/C20H20N2O3/c1-13-5-6-17(9-14(13)2)22-20(23)16(12-21)10-15-11-18(24-3)7-8-19(15)25-4/h5-11H,1-4H3,(H,22,23)/b16-10+. The van der Waals surface area contributed by atoms with Crippen molar-refractivity contribution in [1.29, 1.82) is 5.26 Å². The lowest BCUT2D eigenvalue weighted by molar-refractivity contribution is -0.112. The lowest BCUT2D eigenvalue weighted by Crippen LogP contribution is -2.13. The number of rotatable bonds is 5. The second-order valence-corrected chi connectivity index (χ2v) is 5.53. The van der Waals surface area contributed by atoms with Crippen LogP contribution in [0.2, 0.25) is 0 Å². The Bertz CT molecular complexity index is 864. The van der Waals surface area contributed by atoms with Gasteiger partial charge in [0.1, 0.15) is 23.1 Å². The van der Waals surface area contributed by atoms with E-state index in [0.717, 1.165) is 11.1 Å². The monoisotopic (exact) mass is 336 g/mol. The van der Waals surface area contributed by atoms with E-state index in [1.165, 1.54) is 13.2 Å². The third-order valence-electron chi connectivity index (χ3n) is 3.87. The van der Waals surface area contributed by atoms with Crippen molar-refractivity contribution in [2.75, 3.05) is 19.5 Å². The summed E-state index contributed by atoms with van der Waals surface area (Å²) in [6.45, 7) is 3.96. The second-order valence-electron chi connectivity index (χ2n) is 5.53. The summed E-state index contributed by atoms with van der Waals surface area (Å²) in [5.74, 6) is 0.682. The van der Waals surface area contributed by atoms with E-state index in [-0.39, 0.29) is 5.57 Å².